The molecule has 1 aromatic carbocycles. The molecule has 1 amide bonds. The van der Waals surface area contributed by atoms with Gasteiger partial charge in [-0.25, -0.2) is 18.1 Å². The van der Waals surface area contributed by atoms with E-state index in [-0.39, 0.29) is 35.7 Å². The zero-order valence-corrected chi connectivity index (χ0v) is 18.8. The standard InChI is InChI=1S/C21H26F3N3O4S/c1-20(2,3)16-4-6-17(7-5-16)32(29,30)27-11-9-18(28)26-13-15-8-10-25-19(12-15)31-14-21(22,23)24/h4-8,10,12,27H,9,11,13-14H2,1-3H3,(H,26,28). The predicted molar refractivity (Wildman–Crippen MR) is 113 cm³/mol. The minimum Gasteiger partial charge on any atom is -0.468 e. The van der Waals surface area contributed by atoms with Gasteiger partial charge in [0.15, 0.2) is 6.61 Å². The number of nitrogens with one attached hydrogen (secondary N) is 2. The normalized spacial score (nSPS) is 12.4. The van der Waals surface area contributed by atoms with Crippen molar-refractivity contribution in [2.24, 2.45) is 0 Å². The Morgan fingerprint density at radius 2 is 1.75 bits per heavy atom. The number of sulfonamides is 1. The van der Waals surface area contributed by atoms with Crippen LogP contribution < -0.4 is 14.8 Å². The van der Waals surface area contributed by atoms with Gasteiger partial charge in [-0.15, -0.1) is 0 Å². The number of ether oxygens (including phenoxy) is 1. The van der Waals surface area contributed by atoms with Crippen LogP contribution in [-0.4, -0.2) is 38.6 Å². The second-order valence-electron chi connectivity index (χ2n) is 8.11. The van der Waals surface area contributed by atoms with E-state index < -0.39 is 28.7 Å². The third-order valence-corrected chi connectivity index (χ3v) is 5.82. The molecule has 0 saturated carbocycles. The van der Waals surface area contributed by atoms with Crippen LogP contribution in [0.15, 0.2) is 47.5 Å². The molecule has 176 valence electrons. The molecular formula is C21H26F3N3O4S. The van der Waals surface area contributed by atoms with Crippen LogP contribution in [0, 0.1) is 0 Å². The van der Waals surface area contributed by atoms with Crippen molar-refractivity contribution >= 4 is 15.9 Å². The Labute approximate surface area is 185 Å². The minimum absolute atomic E-state index is 0.0325. The average molecular weight is 474 g/mol. The number of carbonyl (C=O) groups excluding carboxylic acids is 1. The second kappa shape index (κ2) is 10.3. The molecule has 2 rings (SSSR count). The number of halogens is 3. The van der Waals surface area contributed by atoms with E-state index in [0.29, 0.717) is 5.56 Å². The van der Waals surface area contributed by atoms with Gasteiger partial charge in [-0.3, -0.25) is 4.79 Å². The molecule has 2 aromatic rings. The zero-order chi connectivity index (χ0) is 24.0. The van der Waals surface area contributed by atoms with Crippen LogP contribution in [0.5, 0.6) is 5.88 Å². The SMILES string of the molecule is CC(C)(C)c1ccc(S(=O)(=O)NCCC(=O)NCc2ccnc(OCC(F)(F)F)c2)cc1. The molecule has 0 radical (unpaired) electrons. The van der Waals surface area contributed by atoms with Crippen LogP contribution >= 0.6 is 0 Å². The number of alkyl halides is 3. The molecule has 0 aliphatic rings. The van der Waals surface area contributed by atoms with Crippen LogP contribution in [0.2, 0.25) is 0 Å². The number of benzene rings is 1. The van der Waals surface area contributed by atoms with Gasteiger partial charge >= 0.3 is 6.18 Å². The maximum absolute atomic E-state index is 12.4. The monoisotopic (exact) mass is 473 g/mol. The molecule has 0 unspecified atom stereocenters. The average Bonchev–Trinajstić information content (AvgIpc) is 2.70. The summed E-state index contributed by atoms with van der Waals surface area (Å²) in [5, 5.41) is 2.57. The molecule has 0 fully saturated rings. The van der Waals surface area contributed by atoms with E-state index in [1.807, 2.05) is 20.8 Å². The largest absolute Gasteiger partial charge is 0.468 e. The summed E-state index contributed by atoms with van der Waals surface area (Å²) >= 11 is 0. The molecule has 0 atom stereocenters. The zero-order valence-electron chi connectivity index (χ0n) is 18.0. The van der Waals surface area contributed by atoms with Crippen molar-refractivity contribution in [2.45, 2.75) is 50.2 Å². The number of hydrogen-bond donors (Lipinski definition) is 2. The number of rotatable bonds is 9. The lowest BCUT2D eigenvalue weighted by Crippen LogP contribution is -2.30. The first-order chi connectivity index (χ1) is 14.8. The fourth-order valence-corrected chi connectivity index (χ4v) is 3.63. The number of pyridine rings is 1. The van der Waals surface area contributed by atoms with Crippen molar-refractivity contribution in [1.82, 2.24) is 15.0 Å². The highest BCUT2D eigenvalue weighted by Gasteiger charge is 2.28. The highest BCUT2D eigenvalue weighted by atomic mass is 32.2. The molecular weight excluding hydrogens is 447 g/mol. The van der Waals surface area contributed by atoms with Gasteiger partial charge in [0.05, 0.1) is 4.90 Å². The molecule has 1 aromatic heterocycles. The van der Waals surface area contributed by atoms with E-state index >= 15 is 0 Å². The summed E-state index contributed by atoms with van der Waals surface area (Å²) in [7, 11) is -3.76. The van der Waals surface area contributed by atoms with Gasteiger partial charge in [0.25, 0.3) is 0 Å². The molecule has 0 spiro atoms. The summed E-state index contributed by atoms with van der Waals surface area (Å²) in [5.74, 6) is -0.635. The Bertz CT molecular complexity index is 1020. The van der Waals surface area contributed by atoms with Crippen molar-refractivity contribution in [1.29, 1.82) is 0 Å². The van der Waals surface area contributed by atoms with Crippen molar-refractivity contribution in [3.63, 3.8) is 0 Å². The lowest BCUT2D eigenvalue weighted by molar-refractivity contribution is -0.154. The number of aromatic nitrogens is 1. The molecule has 11 heteroatoms. The third kappa shape index (κ3) is 8.46. The van der Waals surface area contributed by atoms with E-state index in [4.69, 9.17) is 0 Å². The van der Waals surface area contributed by atoms with Gasteiger partial charge < -0.3 is 10.1 Å². The maximum Gasteiger partial charge on any atom is 0.422 e. The van der Waals surface area contributed by atoms with Crippen LogP contribution in [0.4, 0.5) is 13.2 Å². The molecule has 0 aliphatic carbocycles. The fourth-order valence-electron chi connectivity index (χ4n) is 2.60. The Morgan fingerprint density at radius 3 is 2.34 bits per heavy atom. The molecule has 2 N–H and O–H groups in total. The number of nitrogens with zero attached hydrogens (tertiary/aromatic N) is 1. The highest BCUT2D eigenvalue weighted by Crippen LogP contribution is 2.23. The van der Waals surface area contributed by atoms with Gasteiger partial charge in [0, 0.05) is 31.8 Å². The molecule has 0 saturated heterocycles. The smallest absolute Gasteiger partial charge is 0.422 e. The van der Waals surface area contributed by atoms with E-state index in [2.05, 4.69) is 19.8 Å². The molecule has 7 nitrogen and oxygen atoms in total. The van der Waals surface area contributed by atoms with E-state index in [9.17, 15) is 26.4 Å². The first kappa shape index (κ1) is 25.6. The number of hydrogen-bond acceptors (Lipinski definition) is 5. The molecule has 1 heterocycles. The van der Waals surface area contributed by atoms with E-state index in [1.54, 1.807) is 12.1 Å². The van der Waals surface area contributed by atoms with Crippen LogP contribution in [0.3, 0.4) is 0 Å². The van der Waals surface area contributed by atoms with Crippen LogP contribution in [0.25, 0.3) is 0 Å². The van der Waals surface area contributed by atoms with Gasteiger partial charge in [-0.05, 0) is 34.7 Å². The summed E-state index contributed by atoms with van der Waals surface area (Å²) in [4.78, 5) is 15.8. The van der Waals surface area contributed by atoms with Gasteiger partial charge in [0.1, 0.15) is 0 Å². The predicted octanol–water partition coefficient (Wildman–Crippen LogP) is 3.31. The lowest BCUT2D eigenvalue weighted by Gasteiger charge is -2.19. The summed E-state index contributed by atoms with van der Waals surface area (Å²) in [6.45, 7) is 4.53. The van der Waals surface area contributed by atoms with Gasteiger partial charge in [-0.2, -0.15) is 13.2 Å². The Hall–Kier alpha value is -2.66. The fraction of sp³-hybridized carbons (Fsp3) is 0.429. The minimum atomic E-state index is -4.48. The topological polar surface area (TPSA) is 97.4 Å². The summed E-state index contributed by atoms with van der Waals surface area (Å²) in [5.41, 5.74) is 1.39. The van der Waals surface area contributed by atoms with Gasteiger partial charge in [-0.1, -0.05) is 32.9 Å². The Balaban J connectivity index is 1.81. The second-order valence-corrected chi connectivity index (χ2v) is 9.87. The van der Waals surface area contributed by atoms with Gasteiger partial charge in [0.2, 0.25) is 21.8 Å². The van der Waals surface area contributed by atoms with E-state index in [1.165, 1.54) is 30.5 Å². The highest BCUT2D eigenvalue weighted by molar-refractivity contribution is 7.89. The number of amides is 1. The van der Waals surface area contributed by atoms with Crippen molar-refractivity contribution in [3.8, 4) is 5.88 Å². The molecule has 32 heavy (non-hydrogen) atoms. The Morgan fingerprint density at radius 1 is 1.09 bits per heavy atom. The first-order valence-corrected chi connectivity index (χ1v) is 11.3. The first-order valence-electron chi connectivity index (χ1n) is 9.78. The van der Waals surface area contributed by atoms with Crippen molar-refractivity contribution in [2.75, 3.05) is 13.2 Å². The molecule has 0 aliphatic heterocycles. The lowest BCUT2D eigenvalue weighted by atomic mass is 9.87. The third-order valence-electron chi connectivity index (χ3n) is 4.35. The summed E-state index contributed by atoms with van der Waals surface area (Å²) in [6.07, 6.45) is -3.32. The quantitative estimate of drug-likeness (QED) is 0.583. The van der Waals surface area contributed by atoms with Crippen molar-refractivity contribution in [3.05, 3.63) is 53.7 Å². The molecule has 0 bridgehead atoms. The maximum atomic E-state index is 12.4. The summed E-state index contributed by atoms with van der Waals surface area (Å²) < 4.78 is 68.3. The summed E-state index contributed by atoms with van der Waals surface area (Å²) in [6, 6.07) is 9.35. The number of carbonyl (C=O) groups is 1. The van der Waals surface area contributed by atoms with Crippen LogP contribution in [-0.2, 0) is 26.8 Å². The van der Waals surface area contributed by atoms with Crippen molar-refractivity contribution < 1.29 is 31.1 Å². The Kier molecular flexibility index (Phi) is 8.24. The van der Waals surface area contributed by atoms with E-state index in [0.717, 1.165) is 5.56 Å². The van der Waals surface area contributed by atoms with Crippen LogP contribution in [0.1, 0.15) is 38.3 Å².